The summed E-state index contributed by atoms with van der Waals surface area (Å²) in [6.45, 7) is 17.9. The van der Waals surface area contributed by atoms with Crippen LogP contribution in [-0.2, 0) is 37.4 Å². The highest BCUT2D eigenvalue weighted by atomic mass is 32.2. The van der Waals surface area contributed by atoms with Crippen molar-refractivity contribution >= 4 is 66.5 Å². The highest BCUT2D eigenvalue weighted by Crippen LogP contribution is 2.41. The molecule has 0 fully saturated rings. The van der Waals surface area contributed by atoms with Crippen LogP contribution in [0.4, 0.5) is 22.7 Å². The minimum atomic E-state index is -3.62. The molecule has 3 amide bonds. The Morgan fingerprint density at radius 1 is 0.616 bits per heavy atom. The molecule has 0 saturated heterocycles. The van der Waals surface area contributed by atoms with Crippen molar-refractivity contribution in [3.63, 3.8) is 0 Å². The van der Waals surface area contributed by atoms with Crippen molar-refractivity contribution in [1.82, 2.24) is 29.4 Å². The minimum Gasteiger partial charge on any atom is -0.492 e. The van der Waals surface area contributed by atoms with Gasteiger partial charge in [0.2, 0.25) is 20.0 Å². The summed E-state index contributed by atoms with van der Waals surface area (Å²) in [4.78, 5) is 62.7. The number of benzene rings is 5. The minimum absolute atomic E-state index is 0.117. The Kier molecular flexibility index (Phi) is 21.1. The number of hydrogen-bond acceptors (Lipinski definition) is 14. The number of nitrogens with zero attached hydrogens (tertiary/aromatic N) is 5. The molecule has 0 aliphatic heterocycles. The second-order valence-corrected chi connectivity index (χ2v) is 25.7. The van der Waals surface area contributed by atoms with E-state index in [0.717, 1.165) is 40.3 Å². The number of amides is 3. The summed E-state index contributed by atoms with van der Waals surface area (Å²) in [5, 5.41) is 17.7. The number of rotatable bonds is 17. The van der Waals surface area contributed by atoms with Crippen LogP contribution in [0.25, 0.3) is 11.4 Å². The molecule has 0 aliphatic rings. The first kappa shape index (κ1) is 65.8. The maximum Gasteiger partial charge on any atom is 0.356 e. The molecule has 3 aromatic heterocycles. The molecule has 5 aromatic carbocycles. The molecule has 3 heterocycles. The quantitative estimate of drug-likeness (QED) is 0.0446. The second-order valence-electron chi connectivity index (χ2n) is 22.2. The number of aromatic carboxylic acids is 1. The van der Waals surface area contributed by atoms with Gasteiger partial charge in [0.25, 0.3) is 17.7 Å². The summed E-state index contributed by atoms with van der Waals surface area (Å²) in [5.74, 6) is -2.02. The third kappa shape index (κ3) is 18.1. The summed E-state index contributed by atoms with van der Waals surface area (Å²) in [6.07, 6.45) is 11.3. The molecule has 24 heteroatoms. The van der Waals surface area contributed by atoms with Crippen molar-refractivity contribution in [2.75, 3.05) is 46.8 Å². The molecular formula is C62H73N11O11S2. The van der Waals surface area contributed by atoms with Crippen LogP contribution in [0.2, 0.25) is 0 Å². The van der Waals surface area contributed by atoms with Gasteiger partial charge in [0.15, 0.2) is 17.2 Å². The number of hydrogen-bond donors (Lipinski definition) is 7. The summed E-state index contributed by atoms with van der Waals surface area (Å²) in [6, 6.07) is 30.9. The van der Waals surface area contributed by atoms with Crippen molar-refractivity contribution < 1.29 is 50.6 Å². The number of ether oxygens (including phenoxy) is 2. The van der Waals surface area contributed by atoms with Crippen LogP contribution in [0, 0.1) is 13.8 Å². The molecule has 8 rings (SSSR count). The van der Waals surface area contributed by atoms with Crippen LogP contribution < -0.4 is 40.6 Å². The number of nitrogens with two attached hydrogens (primary N) is 1. The molecule has 8 aromatic rings. The van der Waals surface area contributed by atoms with Gasteiger partial charge in [-0.25, -0.2) is 31.6 Å². The summed E-state index contributed by atoms with van der Waals surface area (Å²) >= 11 is 0. The van der Waals surface area contributed by atoms with Gasteiger partial charge in [-0.1, -0.05) is 90.1 Å². The molecule has 1 atom stereocenters. The highest BCUT2D eigenvalue weighted by molar-refractivity contribution is 7.92. The monoisotopic (exact) mass is 1210 g/mol. The normalized spacial score (nSPS) is 11.8. The summed E-state index contributed by atoms with van der Waals surface area (Å²) < 4.78 is 67.1. The van der Waals surface area contributed by atoms with Gasteiger partial charge in [0, 0.05) is 48.5 Å². The van der Waals surface area contributed by atoms with Gasteiger partial charge < -0.3 is 45.4 Å². The number of aryl methyl sites for hydroxylation is 2. The number of carbonyl (C=O) groups excluding carboxylic acids is 3. The predicted molar refractivity (Wildman–Crippen MR) is 334 cm³/mol. The summed E-state index contributed by atoms with van der Waals surface area (Å²) in [5.41, 5.74) is 13.3. The molecule has 0 unspecified atom stereocenters. The zero-order chi connectivity index (χ0) is 63.5. The van der Waals surface area contributed by atoms with E-state index in [2.05, 4.69) is 40.3 Å². The first-order valence-corrected chi connectivity index (χ1v) is 30.6. The lowest BCUT2D eigenvalue weighted by molar-refractivity contribution is 0.0690. The Hall–Kier alpha value is -9.39. The van der Waals surface area contributed by atoms with E-state index in [-0.39, 0.29) is 57.0 Å². The van der Waals surface area contributed by atoms with Gasteiger partial charge in [-0.05, 0) is 120 Å². The predicted octanol–water partition coefficient (Wildman–Crippen LogP) is 9.95. The molecule has 0 aliphatic carbocycles. The van der Waals surface area contributed by atoms with Gasteiger partial charge in [0.05, 0.1) is 60.9 Å². The zero-order valence-electron chi connectivity index (χ0n) is 50.2. The van der Waals surface area contributed by atoms with E-state index in [1.165, 1.54) is 43.2 Å². The number of carboxylic acid groups (broad SMARTS) is 1. The number of pyridine rings is 1. The van der Waals surface area contributed by atoms with Gasteiger partial charge >= 0.3 is 5.97 Å². The Labute approximate surface area is 501 Å². The summed E-state index contributed by atoms with van der Waals surface area (Å²) in [7, 11) is -4.43. The number of imidazole rings is 2. The fourth-order valence-electron chi connectivity index (χ4n) is 8.42. The van der Waals surface area contributed by atoms with Crippen LogP contribution in [0.3, 0.4) is 0 Å². The van der Waals surface area contributed by atoms with Gasteiger partial charge in [0.1, 0.15) is 18.3 Å². The van der Waals surface area contributed by atoms with Gasteiger partial charge in [-0.3, -0.25) is 28.8 Å². The molecule has 0 saturated carbocycles. The Morgan fingerprint density at radius 2 is 1.06 bits per heavy atom. The number of carbonyl (C=O) groups is 4. The molecule has 86 heavy (non-hydrogen) atoms. The molecule has 0 spiro atoms. The number of aromatic nitrogens is 5. The van der Waals surface area contributed by atoms with Crippen LogP contribution in [0.15, 0.2) is 141 Å². The van der Waals surface area contributed by atoms with Gasteiger partial charge in [-0.2, -0.15) is 0 Å². The zero-order valence-corrected chi connectivity index (χ0v) is 51.9. The standard InChI is InChI=1S/C30H34N6O5S.C24H28N4O6S.C8H11N/c1-19-9-10-21(12-26(19)36-17-25(33-18-36)29(38)32-16-20-8-7-11-31-15-20)28(37)34-23-13-22(30(2,3)4)14-24(27(23)41-5)35-42(6,39)40;1-14-7-8-15(9-20(14)28-12-19(23(30)31)25-13-28)22(29)26-17-10-16(24(2,3)4)11-18(21(17)34-5)27-35(6,32)33;1-7(9)8-5-3-2-4-6-8/h7-15,17-18,35H,16H2,1-6H3,(H,32,38)(H,34,37);7-13,27H,1-6H3,(H,26,29)(H,30,31);2-7H,9H2,1H3/t;;7-/m..0/s1. The van der Waals surface area contributed by atoms with E-state index in [1.807, 2.05) is 98.7 Å². The number of methoxy groups -OCH3 is 2. The molecule has 22 nitrogen and oxygen atoms in total. The van der Waals surface area contributed by atoms with Crippen LogP contribution in [0.1, 0.15) is 130 Å². The highest BCUT2D eigenvalue weighted by Gasteiger charge is 2.25. The van der Waals surface area contributed by atoms with Crippen LogP contribution >= 0.6 is 0 Å². The van der Waals surface area contributed by atoms with E-state index in [9.17, 15) is 36.0 Å². The van der Waals surface area contributed by atoms with E-state index in [1.54, 1.807) is 89.9 Å². The average Bonchev–Trinajstić information content (AvgIpc) is 1.67. The molecule has 0 bridgehead atoms. The SMILES string of the molecule is COc1c(NC(=O)c2ccc(C)c(-n3cnc(C(=O)NCc4cccnc4)c3)c2)cc(C(C)(C)C)cc1NS(C)(=O)=O.COc1c(NC(=O)c2ccc(C)c(-n3cnc(C(=O)O)c3)c2)cc(C(C)(C)C)cc1NS(C)(=O)=O.C[C@H](N)c1ccccc1. The van der Waals surface area contributed by atoms with E-state index in [4.69, 9.17) is 20.3 Å². The first-order valence-electron chi connectivity index (χ1n) is 26.8. The van der Waals surface area contributed by atoms with Crippen molar-refractivity contribution in [3.8, 4) is 22.9 Å². The number of nitrogens with one attached hydrogen (secondary N) is 5. The average molecular weight is 1210 g/mol. The van der Waals surface area contributed by atoms with Crippen LogP contribution in [-0.4, -0.2) is 96.5 Å². The lowest BCUT2D eigenvalue weighted by atomic mass is 9.86. The maximum atomic E-state index is 13.5. The molecule has 454 valence electrons. The molecule has 8 N–H and O–H groups in total. The first-order chi connectivity index (χ1) is 40.2. The fourth-order valence-corrected chi connectivity index (χ4v) is 9.52. The Balaban J connectivity index is 0.000000242. The van der Waals surface area contributed by atoms with Crippen LogP contribution in [0.5, 0.6) is 11.5 Å². The lowest BCUT2D eigenvalue weighted by Gasteiger charge is -2.24. The van der Waals surface area contributed by atoms with Crippen molar-refractivity contribution in [1.29, 1.82) is 0 Å². The second kappa shape index (κ2) is 27.5. The van der Waals surface area contributed by atoms with Crippen molar-refractivity contribution in [3.05, 3.63) is 196 Å². The third-order valence-electron chi connectivity index (χ3n) is 13.0. The largest absolute Gasteiger partial charge is 0.492 e. The van der Waals surface area contributed by atoms with E-state index < -0.39 is 37.8 Å². The molecule has 0 radical (unpaired) electrons. The molecular weight excluding hydrogens is 1140 g/mol. The number of sulfonamides is 2. The van der Waals surface area contributed by atoms with E-state index >= 15 is 0 Å². The number of carboxylic acids is 1. The van der Waals surface area contributed by atoms with Crippen molar-refractivity contribution in [2.24, 2.45) is 5.73 Å². The van der Waals surface area contributed by atoms with Gasteiger partial charge in [-0.15, -0.1) is 0 Å². The Bertz CT molecular complexity index is 3990. The Morgan fingerprint density at radius 3 is 1.43 bits per heavy atom. The lowest BCUT2D eigenvalue weighted by Crippen LogP contribution is -2.23. The fraction of sp³-hybridized carbons (Fsp3) is 0.274. The third-order valence-corrected chi connectivity index (χ3v) is 14.2. The van der Waals surface area contributed by atoms with Crippen molar-refractivity contribution in [2.45, 2.75) is 85.7 Å². The number of anilines is 4. The van der Waals surface area contributed by atoms with E-state index in [0.29, 0.717) is 40.4 Å². The maximum absolute atomic E-state index is 13.5. The topological polar surface area (TPSA) is 310 Å². The smallest absolute Gasteiger partial charge is 0.356 e.